The first kappa shape index (κ1) is 20.5. The molecule has 0 spiro atoms. The number of ether oxygens (including phenoxy) is 1. The predicted molar refractivity (Wildman–Crippen MR) is 112 cm³/mol. The van der Waals surface area contributed by atoms with E-state index < -0.39 is 0 Å². The number of aryl methyl sites for hydroxylation is 1. The highest BCUT2D eigenvalue weighted by molar-refractivity contribution is 5.39. The van der Waals surface area contributed by atoms with Gasteiger partial charge in [0.15, 0.2) is 0 Å². The quantitative estimate of drug-likeness (QED) is 0.420. The minimum Gasteiger partial charge on any atom is -0.376 e. The minimum absolute atomic E-state index is 0.0606. The second-order valence-electron chi connectivity index (χ2n) is 8.49. The van der Waals surface area contributed by atoms with Crippen molar-refractivity contribution in [1.29, 1.82) is 0 Å². The van der Waals surface area contributed by atoms with Crippen molar-refractivity contribution < 1.29 is 9.66 Å². The molecule has 1 aliphatic rings. The highest BCUT2D eigenvalue weighted by Gasteiger charge is 2.41. The smallest absolute Gasteiger partial charge is 0.273 e. The Morgan fingerprint density at radius 2 is 1.86 bits per heavy atom. The number of para-hydroxylation sites is 1. The third kappa shape index (κ3) is 4.78. The molecule has 0 bridgehead atoms. The Labute approximate surface area is 167 Å². The van der Waals surface area contributed by atoms with Crippen molar-refractivity contribution in [3.05, 3.63) is 75.3 Å². The van der Waals surface area contributed by atoms with Gasteiger partial charge in [0.25, 0.3) is 5.69 Å². The average Bonchev–Trinajstić information content (AvgIpc) is 2.65. The lowest BCUT2D eigenvalue weighted by atomic mass is 9.67. The lowest BCUT2D eigenvalue weighted by molar-refractivity contribution is -0.385. The SMILES string of the molecule is Cc1ccc(C2(CCNCc3ccccc3[N+](=O)[O-])CCOC(C)(C)C2)cc1. The molecule has 0 radical (unpaired) electrons. The van der Waals surface area contributed by atoms with E-state index in [0.29, 0.717) is 6.54 Å². The summed E-state index contributed by atoms with van der Waals surface area (Å²) in [6.07, 6.45) is 2.94. The fourth-order valence-corrected chi connectivity index (χ4v) is 4.38. The number of nitro groups is 1. The van der Waals surface area contributed by atoms with Crippen molar-refractivity contribution >= 4 is 5.69 Å². The first-order valence-electron chi connectivity index (χ1n) is 9.96. The Balaban J connectivity index is 1.71. The number of nitro benzene ring substituents is 1. The van der Waals surface area contributed by atoms with Crippen LogP contribution in [-0.2, 0) is 16.7 Å². The summed E-state index contributed by atoms with van der Waals surface area (Å²) in [4.78, 5) is 10.9. The van der Waals surface area contributed by atoms with Crippen LogP contribution >= 0.6 is 0 Å². The molecule has 150 valence electrons. The molecule has 2 aromatic rings. The molecule has 1 heterocycles. The third-order valence-electron chi connectivity index (χ3n) is 5.79. The second-order valence-corrected chi connectivity index (χ2v) is 8.49. The van der Waals surface area contributed by atoms with Gasteiger partial charge in [-0.3, -0.25) is 10.1 Å². The monoisotopic (exact) mass is 382 g/mol. The Bertz CT molecular complexity index is 817. The zero-order valence-corrected chi connectivity index (χ0v) is 17.0. The molecule has 1 fully saturated rings. The van der Waals surface area contributed by atoms with Crippen LogP contribution in [0.4, 0.5) is 5.69 Å². The predicted octanol–water partition coefficient (Wildman–Crippen LogP) is 4.91. The van der Waals surface area contributed by atoms with Gasteiger partial charge < -0.3 is 10.1 Å². The molecule has 1 N–H and O–H groups in total. The molecule has 28 heavy (non-hydrogen) atoms. The number of rotatable bonds is 7. The summed E-state index contributed by atoms with van der Waals surface area (Å²) in [5.41, 5.74) is 3.44. The fraction of sp³-hybridized carbons (Fsp3) is 0.478. The van der Waals surface area contributed by atoms with E-state index in [2.05, 4.69) is 50.4 Å². The number of hydrogen-bond acceptors (Lipinski definition) is 4. The van der Waals surface area contributed by atoms with Crippen LogP contribution in [0.5, 0.6) is 0 Å². The lowest BCUT2D eigenvalue weighted by Crippen LogP contribution is -2.45. The van der Waals surface area contributed by atoms with E-state index in [1.165, 1.54) is 11.1 Å². The van der Waals surface area contributed by atoms with Gasteiger partial charge in [-0.15, -0.1) is 0 Å². The van der Waals surface area contributed by atoms with Crippen LogP contribution in [0.15, 0.2) is 48.5 Å². The molecule has 0 aromatic heterocycles. The van der Waals surface area contributed by atoms with Crippen LogP contribution in [0.1, 0.15) is 49.8 Å². The van der Waals surface area contributed by atoms with Gasteiger partial charge >= 0.3 is 0 Å². The van der Waals surface area contributed by atoms with Gasteiger partial charge in [0.2, 0.25) is 0 Å². The van der Waals surface area contributed by atoms with Gasteiger partial charge in [0, 0.05) is 30.2 Å². The Morgan fingerprint density at radius 3 is 2.54 bits per heavy atom. The zero-order valence-electron chi connectivity index (χ0n) is 17.0. The molecule has 0 saturated carbocycles. The van der Waals surface area contributed by atoms with Crippen LogP contribution in [0.3, 0.4) is 0 Å². The van der Waals surface area contributed by atoms with Crippen molar-refractivity contribution in [2.75, 3.05) is 13.2 Å². The van der Waals surface area contributed by atoms with Crippen LogP contribution in [0.2, 0.25) is 0 Å². The molecule has 5 heteroatoms. The minimum atomic E-state index is -0.314. The number of nitrogens with zero attached hydrogens (tertiary/aromatic N) is 1. The lowest BCUT2D eigenvalue weighted by Gasteiger charge is -2.45. The van der Waals surface area contributed by atoms with Crippen molar-refractivity contribution in [1.82, 2.24) is 5.32 Å². The summed E-state index contributed by atoms with van der Waals surface area (Å²) in [7, 11) is 0. The second kappa shape index (κ2) is 8.41. The molecule has 3 rings (SSSR count). The van der Waals surface area contributed by atoms with Crippen molar-refractivity contribution in [3.63, 3.8) is 0 Å². The van der Waals surface area contributed by atoms with Gasteiger partial charge in [-0.1, -0.05) is 48.0 Å². The summed E-state index contributed by atoms with van der Waals surface area (Å²) < 4.78 is 5.99. The van der Waals surface area contributed by atoms with E-state index in [1.807, 2.05) is 12.1 Å². The largest absolute Gasteiger partial charge is 0.376 e. The Morgan fingerprint density at radius 1 is 1.14 bits per heavy atom. The molecular weight excluding hydrogens is 352 g/mol. The first-order chi connectivity index (χ1) is 13.3. The first-order valence-corrected chi connectivity index (χ1v) is 9.96. The van der Waals surface area contributed by atoms with Gasteiger partial charge in [0.1, 0.15) is 0 Å². The molecule has 1 unspecified atom stereocenters. The fourth-order valence-electron chi connectivity index (χ4n) is 4.38. The number of benzene rings is 2. The van der Waals surface area contributed by atoms with E-state index in [9.17, 15) is 10.1 Å². The Kier molecular flexibility index (Phi) is 6.16. The molecule has 1 atom stereocenters. The van der Waals surface area contributed by atoms with E-state index in [-0.39, 0.29) is 21.6 Å². The van der Waals surface area contributed by atoms with Gasteiger partial charge in [-0.05, 0) is 52.1 Å². The molecule has 5 nitrogen and oxygen atoms in total. The van der Waals surface area contributed by atoms with Crippen molar-refractivity contribution in [3.8, 4) is 0 Å². The van der Waals surface area contributed by atoms with Gasteiger partial charge in [0.05, 0.1) is 10.5 Å². The maximum Gasteiger partial charge on any atom is 0.273 e. The summed E-state index contributed by atoms with van der Waals surface area (Å²) in [6.45, 7) is 8.49. The topological polar surface area (TPSA) is 64.4 Å². The van der Waals surface area contributed by atoms with Gasteiger partial charge in [-0.2, -0.15) is 0 Å². The van der Waals surface area contributed by atoms with E-state index in [1.54, 1.807) is 12.1 Å². The summed E-state index contributed by atoms with van der Waals surface area (Å²) in [5.74, 6) is 0. The summed E-state index contributed by atoms with van der Waals surface area (Å²) >= 11 is 0. The summed E-state index contributed by atoms with van der Waals surface area (Å²) in [6, 6.07) is 15.8. The van der Waals surface area contributed by atoms with Crippen LogP contribution in [0, 0.1) is 17.0 Å². The molecule has 1 saturated heterocycles. The number of nitrogens with one attached hydrogen (secondary N) is 1. The summed E-state index contributed by atoms with van der Waals surface area (Å²) in [5, 5.41) is 14.6. The third-order valence-corrected chi connectivity index (χ3v) is 5.79. The van der Waals surface area contributed by atoms with E-state index in [4.69, 9.17) is 4.74 Å². The maximum absolute atomic E-state index is 11.2. The standard InChI is InChI=1S/C23H30N2O3/c1-18-8-10-20(11-9-18)23(13-15-28-22(2,3)17-23)12-14-24-16-19-6-4-5-7-21(19)25(26)27/h4-11,24H,12-17H2,1-3H3. The van der Waals surface area contributed by atoms with Gasteiger partial charge in [-0.25, -0.2) is 0 Å². The Hall–Kier alpha value is -2.24. The van der Waals surface area contributed by atoms with Crippen molar-refractivity contribution in [2.24, 2.45) is 0 Å². The van der Waals surface area contributed by atoms with E-state index >= 15 is 0 Å². The molecule has 1 aliphatic heterocycles. The average molecular weight is 383 g/mol. The van der Waals surface area contributed by atoms with Crippen LogP contribution in [-0.4, -0.2) is 23.7 Å². The van der Waals surface area contributed by atoms with Crippen molar-refractivity contribution in [2.45, 2.75) is 57.6 Å². The molecular formula is C23H30N2O3. The highest BCUT2D eigenvalue weighted by Crippen LogP contribution is 2.43. The zero-order chi connectivity index (χ0) is 20.2. The molecule has 0 aliphatic carbocycles. The molecule has 2 aromatic carbocycles. The molecule has 0 amide bonds. The van der Waals surface area contributed by atoms with Crippen LogP contribution < -0.4 is 5.32 Å². The maximum atomic E-state index is 11.2. The normalized spacial score (nSPS) is 21.4. The van der Waals surface area contributed by atoms with E-state index in [0.717, 1.165) is 38.0 Å². The highest BCUT2D eigenvalue weighted by atomic mass is 16.6. The van der Waals surface area contributed by atoms with Crippen LogP contribution in [0.25, 0.3) is 0 Å². The number of hydrogen-bond donors (Lipinski definition) is 1.